The van der Waals surface area contributed by atoms with Crippen molar-refractivity contribution in [2.45, 2.75) is 38.7 Å². The van der Waals surface area contributed by atoms with E-state index < -0.39 is 10.0 Å². The van der Waals surface area contributed by atoms with Crippen LogP contribution in [0.25, 0.3) is 0 Å². The van der Waals surface area contributed by atoms with Gasteiger partial charge < -0.3 is 10.6 Å². The quantitative estimate of drug-likeness (QED) is 0.662. The number of benzene rings is 2. The zero-order valence-corrected chi connectivity index (χ0v) is 15.8. The van der Waals surface area contributed by atoms with Gasteiger partial charge in [0.05, 0.1) is 5.75 Å². The maximum Gasteiger partial charge on any atom is 0.315 e. The van der Waals surface area contributed by atoms with Crippen LogP contribution in [0.2, 0.25) is 0 Å². The molecule has 0 atom stereocenters. The fraction of sp³-hybridized carbons (Fsp3) is 0.316. The van der Waals surface area contributed by atoms with Gasteiger partial charge in [0, 0.05) is 19.1 Å². The summed E-state index contributed by atoms with van der Waals surface area (Å²) in [6.45, 7) is 4.41. The Morgan fingerprint density at radius 3 is 1.88 bits per heavy atom. The first-order valence-corrected chi connectivity index (χ1v) is 10.1. The average molecular weight is 375 g/mol. The molecule has 2 aromatic rings. The molecule has 0 unspecified atom stereocenters. The summed E-state index contributed by atoms with van der Waals surface area (Å²) in [5.41, 5.74) is 2.64. The topological polar surface area (TPSA) is 87.3 Å². The van der Waals surface area contributed by atoms with Gasteiger partial charge in [0.2, 0.25) is 10.0 Å². The summed E-state index contributed by atoms with van der Waals surface area (Å²) in [4.78, 5) is 11.8. The summed E-state index contributed by atoms with van der Waals surface area (Å²) in [7, 11) is -3.34. The van der Waals surface area contributed by atoms with Crippen LogP contribution in [0.4, 0.5) is 4.79 Å². The lowest BCUT2D eigenvalue weighted by molar-refractivity contribution is 0.240. The van der Waals surface area contributed by atoms with Crippen molar-refractivity contribution < 1.29 is 13.2 Å². The van der Waals surface area contributed by atoms with Crippen LogP contribution in [-0.4, -0.2) is 20.5 Å². The molecular formula is C19H25N3O3S. The van der Waals surface area contributed by atoms with Gasteiger partial charge in [-0.05, 0) is 30.5 Å². The fourth-order valence-corrected chi connectivity index (χ4v) is 3.83. The van der Waals surface area contributed by atoms with E-state index in [0.717, 1.165) is 11.1 Å². The first-order chi connectivity index (χ1) is 12.3. The molecule has 0 spiro atoms. The third-order valence-corrected chi connectivity index (χ3v) is 5.09. The molecule has 0 aliphatic heterocycles. The second kappa shape index (κ2) is 9.35. The molecule has 3 N–H and O–H groups in total. The molecular weight excluding hydrogens is 350 g/mol. The number of hydrogen-bond acceptors (Lipinski definition) is 3. The molecule has 0 heterocycles. The first-order valence-electron chi connectivity index (χ1n) is 8.47. The normalized spacial score (nSPS) is 11.3. The Labute approximate surface area is 155 Å². The molecule has 0 saturated heterocycles. The molecule has 0 aromatic heterocycles. The van der Waals surface area contributed by atoms with Gasteiger partial charge in [-0.15, -0.1) is 0 Å². The summed E-state index contributed by atoms with van der Waals surface area (Å²) in [6.07, 6.45) is 0. The minimum Gasteiger partial charge on any atom is -0.334 e. The lowest BCUT2D eigenvalue weighted by atomic mass is 10.1. The highest BCUT2D eigenvalue weighted by Gasteiger charge is 2.12. The fourth-order valence-electron chi connectivity index (χ4n) is 2.40. The number of nitrogens with one attached hydrogen (secondary N) is 3. The third-order valence-electron chi connectivity index (χ3n) is 3.54. The number of urea groups is 1. The van der Waals surface area contributed by atoms with Crippen molar-refractivity contribution in [3.8, 4) is 0 Å². The Morgan fingerprint density at radius 2 is 1.35 bits per heavy atom. The molecule has 0 bridgehead atoms. The second-order valence-electron chi connectivity index (χ2n) is 6.37. The van der Waals surface area contributed by atoms with E-state index in [9.17, 15) is 13.2 Å². The van der Waals surface area contributed by atoms with Gasteiger partial charge in [-0.25, -0.2) is 17.9 Å². The third kappa shape index (κ3) is 7.25. The molecule has 0 aliphatic rings. The van der Waals surface area contributed by atoms with Crippen molar-refractivity contribution >= 4 is 16.1 Å². The number of hydrogen-bond donors (Lipinski definition) is 3. The van der Waals surface area contributed by atoms with E-state index >= 15 is 0 Å². The summed E-state index contributed by atoms with van der Waals surface area (Å²) in [5, 5.41) is 5.57. The number of rotatable bonds is 8. The molecule has 7 heteroatoms. The Kier molecular flexibility index (Phi) is 7.17. The first kappa shape index (κ1) is 19.9. The van der Waals surface area contributed by atoms with Gasteiger partial charge in [-0.3, -0.25) is 0 Å². The molecule has 140 valence electrons. The Hall–Kier alpha value is -2.38. The SMILES string of the molecule is CC(C)NS(=O)(=O)Cc1ccc(CNC(=O)NCc2ccccc2)cc1. The van der Waals surface area contributed by atoms with Crippen molar-refractivity contribution in [1.29, 1.82) is 0 Å². The van der Waals surface area contributed by atoms with Crippen LogP contribution in [0.5, 0.6) is 0 Å². The minimum atomic E-state index is -3.34. The molecule has 0 aliphatic carbocycles. The standard InChI is InChI=1S/C19H25N3O3S/c1-15(2)22-26(24,25)14-18-10-8-17(9-11-18)13-21-19(23)20-12-16-6-4-3-5-7-16/h3-11,15,22H,12-14H2,1-2H3,(H2,20,21,23). The summed E-state index contributed by atoms with van der Waals surface area (Å²) in [6, 6.07) is 16.5. The summed E-state index contributed by atoms with van der Waals surface area (Å²) in [5.74, 6) is -0.0591. The van der Waals surface area contributed by atoms with Gasteiger partial charge in [0.15, 0.2) is 0 Å². The summed E-state index contributed by atoms with van der Waals surface area (Å²) >= 11 is 0. The summed E-state index contributed by atoms with van der Waals surface area (Å²) < 4.78 is 26.4. The number of carbonyl (C=O) groups is 1. The molecule has 2 aromatic carbocycles. The number of amides is 2. The second-order valence-corrected chi connectivity index (χ2v) is 8.12. The van der Waals surface area contributed by atoms with Crippen LogP contribution in [0.15, 0.2) is 54.6 Å². The Morgan fingerprint density at radius 1 is 0.846 bits per heavy atom. The molecule has 0 radical (unpaired) electrons. The highest BCUT2D eigenvalue weighted by atomic mass is 32.2. The van der Waals surface area contributed by atoms with Crippen LogP contribution in [0.1, 0.15) is 30.5 Å². The maximum absolute atomic E-state index is 11.9. The monoisotopic (exact) mass is 375 g/mol. The van der Waals surface area contributed by atoms with Crippen molar-refractivity contribution in [3.63, 3.8) is 0 Å². The van der Waals surface area contributed by atoms with Crippen LogP contribution in [-0.2, 0) is 28.9 Å². The molecule has 0 saturated carbocycles. The van der Waals surface area contributed by atoms with Crippen LogP contribution in [0.3, 0.4) is 0 Å². The van der Waals surface area contributed by atoms with E-state index in [-0.39, 0.29) is 17.8 Å². The molecule has 0 fully saturated rings. The van der Waals surface area contributed by atoms with E-state index in [1.807, 2.05) is 42.5 Å². The zero-order valence-electron chi connectivity index (χ0n) is 15.0. The smallest absolute Gasteiger partial charge is 0.315 e. The molecule has 26 heavy (non-hydrogen) atoms. The Balaban J connectivity index is 1.79. The van der Waals surface area contributed by atoms with E-state index in [0.29, 0.717) is 18.7 Å². The van der Waals surface area contributed by atoms with Crippen LogP contribution in [0, 0.1) is 0 Å². The lowest BCUT2D eigenvalue weighted by Gasteiger charge is -2.10. The van der Waals surface area contributed by atoms with Crippen molar-refractivity contribution in [1.82, 2.24) is 15.4 Å². The highest BCUT2D eigenvalue weighted by molar-refractivity contribution is 7.88. The highest BCUT2D eigenvalue weighted by Crippen LogP contribution is 2.08. The molecule has 2 rings (SSSR count). The minimum absolute atomic E-state index is 0.0591. The van der Waals surface area contributed by atoms with Gasteiger partial charge >= 0.3 is 6.03 Å². The van der Waals surface area contributed by atoms with Gasteiger partial charge in [-0.1, -0.05) is 54.6 Å². The predicted molar refractivity (Wildman–Crippen MR) is 103 cm³/mol. The van der Waals surface area contributed by atoms with Crippen molar-refractivity contribution in [2.75, 3.05) is 0 Å². The van der Waals surface area contributed by atoms with E-state index in [1.54, 1.807) is 26.0 Å². The van der Waals surface area contributed by atoms with E-state index in [1.165, 1.54) is 0 Å². The van der Waals surface area contributed by atoms with Gasteiger partial charge in [0.1, 0.15) is 0 Å². The Bertz CT molecular complexity index is 804. The predicted octanol–water partition coefficient (Wildman–Crippen LogP) is 2.51. The van der Waals surface area contributed by atoms with Crippen molar-refractivity contribution in [3.05, 3.63) is 71.3 Å². The number of sulfonamides is 1. The number of carbonyl (C=O) groups excluding carboxylic acids is 1. The lowest BCUT2D eigenvalue weighted by Crippen LogP contribution is -2.34. The van der Waals surface area contributed by atoms with Crippen LogP contribution < -0.4 is 15.4 Å². The van der Waals surface area contributed by atoms with Crippen LogP contribution >= 0.6 is 0 Å². The van der Waals surface area contributed by atoms with Gasteiger partial charge in [-0.2, -0.15) is 0 Å². The maximum atomic E-state index is 11.9. The van der Waals surface area contributed by atoms with Crippen molar-refractivity contribution in [2.24, 2.45) is 0 Å². The molecule has 2 amide bonds. The largest absolute Gasteiger partial charge is 0.334 e. The zero-order chi connectivity index (χ0) is 19.0. The molecule has 6 nitrogen and oxygen atoms in total. The average Bonchev–Trinajstić information content (AvgIpc) is 2.59. The van der Waals surface area contributed by atoms with E-state index in [4.69, 9.17) is 0 Å². The van der Waals surface area contributed by atoms with E-state index in [2.05, 4.69) is 15.4 Å². The van der Waals surface area contributed by atoms with Gasteiger partial charge in [0.25, 0.3) is 0 Å².